The van der Waals surface area contributed by atoms with E-state index in [-0.39, 0.29) is 22.6 Å². The number of carbonyl (C=O) groups is 2. The molecule has 10 nitrogen and oxygen atoms in total. The first-order chi connectivity index (χ1) is 17.4. The van der Waals surface area contributed by atoms with Gasteiger partial charge in [-0.2, -0.15) is 0 Å². The first-order valence-corrected chi connectivity index (χ1v) is 12.3. The van der Waals surface area contributed by atoms with Crippen LogP contribution in [0.3, 0.4) is 0 Å². The van der Waals surface area contributed by atoms with Crippen molar-refractivity contribution in [3.63, 3.8) is 0 Å². The molecule has 11 heteroatoms. The summed E-state index contributed by atoms with van der Waals surface area (Å²) in [4.78, 5) is 39.3. The average molecular weight is 511 g/mol. The molecule has 1 heterocycles. The Kier molecular flexibility index (Phi) is 7.26. The zero-order chi connectivity index (χ0) is 25.7. The smallest absolute Gasteiger partial charge is 0.447 e. The van der Waals surface area contributed by atoms with Gasteiger partial charge in [0.1, 0.15) is 11.5 Å². The first kappa shape index (κ1) is 24.8. The third-order valence-electron chi connectivity index (χ3n) is 5.27. The molecule has 186 valence electrons. The van der Waals surface area contributed by atoms with E-state index >= 15 is 0 Å². The van der Waals surface area contributed by atoms with Gasteiger partial charge in [-0.05, 0) is 36.4 Å². The van der Waals surface area contributed by atoms with Gasteiger partial charge < -0.3 is 22.9 Å². The van der Waals surface area contributed by atoms with Crippen molar-refractivity contribution in [1.29, 1.82) is 0 Å². The van der Waals surface area contributed by atoms with Crippen molar-refractivity contribution in [3.05, 3.63) is 95.5 Å². The van der Waals surface area contributed by atoms with Gasteiger partial charge in [0.25, 0.3) is 0 Å². The maximum absolute atomic E-state index is 14.6. The standard InChI is InChI=1S/C25H22NO9P/c1-31-23(27)21(26-19-15-9-10-16-20(19)33-25(26)29)22(24(28)32-2)36(30,34-17-11-5-3-6-12-17)35-18-13-7-4-8-14-18/h3-16,21-22H,1-2H3/t21-,22-/m1/s1. The minimum atomic E-state index is -4.68. The summed E-state index contributed by atoms with van der Waals surface area (Å²) in [7, 11) is -2.57. The molecule has 36 heavy (non-hydrogen) atoms. The second-order valence-corrected chi connectivity index (χ2v) is 9.49. The van der Waals surface area contributed by atoms with E-state index < -0.39 is 37.0 Å². The molecule has 0 saturated carbocycles. The van der Waals surface area contributed by atoms with Gasteiger partial charge in [-0.15, -0.1) is 0 Å². The minimum absolute atomic E-state index is 0.0960. The summed E-state index contributed by atoms with van der Waals surface area (Å²) in [6.07, 6.45) is 0. The second kappa shape index (κ2) is 10.5. The van der Waals surface area contributed by atoms with Crippen LogP contribution < -0.4 is 14.8 Å². The normalized spacial score (nSPS) is 12.9. The van der Waals surface area contributed by atoms with Gasteiger partial charge in [-0.1, -0.05) is 48.5 Å². The zero-order valence-electron chi connectivity index (χ0n) is 19.3. The second-order valence-electron chi connectivity index (χ2n) is 7.49. The summed E-state index contributed by atoms with van der Waals surface area (Å²) >= 11 is 0. The topological polar surface area (TPSA) is 123 Å². The van der Waals surface area contributed by atoms with Crippen LogP contribution in [0.5, 0.6) is 11.5 Å². The number of esters is 2. The molecular formula is C25H22NO9P. The van der Waals surface area contributed by atoms with Gasteiger partial charge in [0.15, 0.2) is 11.6 Å². The van der Waals surface area contributed by atoms with Crippen molar-refractivity contribution in [2.24, 2.45) is 0 Å². The predicted octanol–water partition coefficient (Wildman–Crippen LogP) is 4.20. The third-order valence-corrected chi connectivity index (χ3v) is 7.38. The van der Waals surface area contributed by atoms with Gasteiger partial charge >= 0.3 is 25.3 Å². The van der Waals surface area contributed by atoms with E-state index in [2.05, 4.69) is 0 Å². The molecule has 2 atom stereocenters. The van der Waals surface area contributed by atoms with E-state index in [1.165, 1.54) is 36.4 Å². The number of carbonyl (C=O) groups excluding carboxylic acids is 2. The van der Waals surface area contributed by atoms with Crippen LogP contribution in [0.15, 0.2) is 94.1 Å². The number of aromatic nitrogens is 1. The highest BCUT2D eigenvalue weighted by Gasteiger charge is 2.55. The summed E-state index contributed by atoms with van der Waals surface area (Å²) in [5.41, 5.74) is -1.66. The van der Waals surface area contributed by atoms with Crippen molar-refractivity contribution in [2.75, 3.05) is 14.2 Å². The summed E-state index contributed by atoms with van der Waals surface area (Å²) in [6.45, 7) is 0. The monoisotopic (exact) mass is 511 g/mol. The highest BCUT2D eigenvalue weighted by molar-refractivity contribution is 7.56. The molecule has 0 spiro atoms. The van der Waals surface area contributed by atoms with Crippen molar-refractivity contribution >= 4 is 30.6 Å². The van der Waals surface area contributed by atoms with E-state index in [1.807, 2.05) is 0 Å². The van der Waals surface area contributed by atoms with Gasteiger partial charge in [-0.25, -0.2) is 14.2 Å². The molecule has 0 saturated heterocycles. The molecule has 0 radical (unpaired) electrons. The quantitative estimate of drug-likeness (QED) is 0.240. The first-order valence-electron chi connectivity index (χ1n) is 10.7. The maximum atomic E-state index is 14.6. The van der Waals surface area contributed by atoms with Gasteiger partial charge in [0.05, 0.1) is 19.7 Å². The van der Waals surface area contributed by atoms with E-state index in [9.17, 15) is 18.9 Å². The molecule has 0 aliphatic carbocycles. The van der Waals surface area contributed by atoms with E-state index in [4.69, 9.17) is 22.9 Å². The van der Waals surface area contributed by atoms with Crippen LogP contribution in [-0.2, 0) is 23.6 Å². The molecular weight excluding hydrogens is 489 g/mol. The van der Waals surface area contributed by atoms with Crippen LogP contribution in [0, 0.1) is 0 Å². The zero-order valence-corrected chi connectivity index (χ0v) is 20.2. The Morgan fingerprint density at radius 3 is 1.81 bits per heavy atom. The lowest BCUT2D eigenvalue weighted by Crippen LogP contribution is -2.43. The Morgan fingerprint density at radius 2 is 1.28 bits per heavy atom. The van der Waals surface area contributed by atoms with Crippen molar-refractivity contribution < 1.29 is 37.1 Å². The number of para-hydroxylation sites is 4. The number of hydrogen-bond donors (Lipinski definition) is 0. The Balaban J connectivity index is 1.96. The lowest BCUT2D eigenvalue weighted by atomic mass is 10.2. The highest BCUT2D eigenvalue weighted by Crippen LogP contribution is 2.56. The Hall–Kier alpha value is -4.30. The Labute approximate surface area is 205 Å². The molecule has 0 N–H and O–H groups in total. The van der Waals surface area contributed by atoms with Crippen molar-refractivity contribution in [1.82, 2.24) is 4.57 Å². The number of fused-ring (bicyclic) bond motifs is 1. The molecule has 4 aromatic rings. The number of rotatable bonds is 9. The number of nitrogens with zero attached hydrogens (tertiary/aromatic N) is 1. The molecule has 3 aromatic carbocycles. The number of hydrogen-bond acceptors (Lipinski definition) is 9. The van der Waals surface area contributed by atoms with Crippen molar-refractivity contribution in [3.8, 4) is 11.5 Å². The minimum Gasteiger partial charge on any atom is -0.468 e. The number of benzene rings is 3. The fourth-order valence-corrected chi connectivity index (χ4v) is 5.74. The van der Waals surface area contributed by atoms with Gasteiger partial charge in [0.2, 0.25) is 5.66 Å². The summed E-state index contributed by atoms with van der Waals surface area (Å²) < 4.78 is 42.2. The summed E-state index contributed by atoms with van der Waals surface area (Å²) in [5.74, 6) is -2.98. The van der Waals surface area contributed by atoms with Gasteiger partial charge in [0, 0.05) is 0 Å². The molecule has 0 amide bonds. The fourth-order valence-electron chi connectivity index (χ4n) is 3.68. The molecule has 0 aliphatic heterocycles. The Bertz CT molecular complexity index is 1420. The molecule has 1 aromatic heterocycles. The van der Waals surface area contributed by atoms with Crippen LogP contribution in [-0.4, -0.2) is 36.4 Å². The van der Waals surface area contributed by atoms with Crippen molar-refractivity contribution in [2.45, 2.75) is 11.7 Å². The lowest BCUT2D eigenvalue weighted by molar-refractivity contribution is -0.151. The Morgan fingerprint density at radius 1 is 0.778 bits per heavy atom. The van der Waals surface area contributed by atoms with E-state index in [1.54, 1.807) is 48.5 Å². The van der Waals surface area contributed by atoms with E-state index in [0.29, 0.717) is 0 Å². The summed E-state index contributed by atoms with van der Waals surface area (Å²) in [5, 5.41) is 0. The van der Waals surface area contributed by atoms with Crippen LogP contribution in [0.4, 0.5) is 0 Å². The van der Waals surface area contributed by atoms with Crippen LogP contribution in [0.25, 0.3) is 11.1 Å². The highest BCUT2D eigenvalue weighted by atomic mass is 31.2. The third kappa shape index (κ3) is 4.89. The van der Waals surface area contributed by atoms with Crippen LogP contribution in [0.1, 0.15) is 6.04 Å². The SMILES string of the molecule is COC(=O)[C@@H]([C@H](C(=O)OC)P(=O)(Oc1ccccc1)Oc1ccccc1)n1c(=O)oc2ccccc21. The lowest BCUT2D eigenvalue weighted by Gasteiger charge is -2.30. The largest absolute Gasteiger partial charge is 0.468 e. The molecule has 0 fully saturated rings. The number of ether oxygens (including phenoxy) is 2. The fraction of sp³-hybridized carbons (Fsp3) is 0.160. The maximum Gasteiger partial charge on any atom is 0.447 e. The number of methoxy groups -OCH3 is 2. The molecule has 0 bridgehead atoms. The van der Waals surface area contributed by atoms with E-state index in [0.717, 1.165) is 18.8 Å². The molecule has 0 unspecified atom stereocenters. The predicted molar refractivity (Wildman–Crippen MR) is 129 cm³/mol. The molecule has 0 aliphatic rings. The number of oxazole rings is 1. The van der Waals surface area contributed by atoms with Gasteiger partial charge in [-0.3, -0.25) is 9.36 Å². The van der Waals surface area contributed by atoms with Crippen LogP contribution >= 0.6 is 7.60 Å². The average Bonchev–Trinajstić information content (AvgIpc) is 3.22. The molecule has 4 rings (SSSR count). The van der Waals surface area contributed by atoms with Crippen LogP contribution in [0.2, 0.25) is 0 Å². The summed E-state index contributed by atoms with van der Waals surface area (Å²) in [6, 6.07) is 20.4.